The lowest BCUT2D eigenvalue weighted by molar-refractivity contribution is -0.274. The lowest BCUT2D eigenvalue weighted by atomic mass is 9.76. The van der Waals surface area contributed by atoms with Crippen molar-refractivity contribution >= 4 is 11.3 Å². The Balaban J connectivity index is 1.50. The lowest BCUT2D eigenvalue weighted by Crippen LogP contribution is -2.48. The van der Waals surface area contributed by atoms with E-state index in [0.717, 1.165) is 41.8 Å². The van der Waals surface area contributed by atoms with Gasteiger partial charge in [0.1, 0.15) is 5.75 Å². The minimum Gasteiger partial charge on any atom is -0.406 e. The molecule has 3 aromatic rings. The first-order valence-electron chi connectivity index (χ1n) is 10.8. The Bertz CT molecular complexity index is 1050. The highest BCUT2D eigenvalue weighted by Gasteiger charge is 2.49. The molecule has 2 fully saturated rings. The second-order valence-corrected chi connectivity index (χ2v) is 9.40. The summed E-state index contributed by atoms with van der Waals surface area (Å²) < 4.78 is 49.4. The first kappa shape index (κ1) is 21.5. The summed E-state index contributed by atoms with van der Waals surface area (Å²) in [5, 5.41) is 5.60. The van der Waals surface area contributed by atoms with Crippen LogP contribution in [0.3, 0.4) is 0 Å². The van der Waals surface area contributed by atoms with Gasteiger partial charge in [-0.25, -0.2) is 0 Å². The van der Waals surface area contributed by atoms with Gasteiger partial charge in [0.25, 0.3) is 0 Å². The normalized spacial score (nSPS) is 25.8. The molecule has 3 heterocycles. The minimum absolute atomic E-state index is 0.0185. The summed E-state index contributed by atoms with van der Waals surface area (Å²) in [4.78, 5) is 1.03. The van der Waals surface area contributed by atoms with Crippen LogP contribution in [-0.2, 0) is 4.74 Å². The predicted molar refractivity (Wildman–Crippen MR) is 119 cm³/mol. The Hall–Kier alpha value is -2.35. The highest BCUT2D eigenvalue weighted by molar-refractivity contribution is 7.13. The summed E-state index contributed by atoms with van der Waals surface area (Å²) in [6, 6.07) is 18.9. The standard InChI is InChI=1S/C25H24F3NO2S/c26-25(27,28)31-19-9-10-20(22-8-4-13-32-22)21(14-19)18-15-24(30-16-18)11-5-12-29-23(24)17-6-2-1-3-7-17/h1-4,6-10,13-14,18,23,29H,5,11-12,15-16H2/t18-,23+,24-/m1/s1. The van der Waals surface area contributed by atoms with Gasteiger partial charge < -0.3 is 14.8 Å². The van der Waals surface area contributed by atoms with Crippen LogP contribution in [0, 0.1) is 0 Å². The Morgan fingerprint density at radius 1 is 1.06 bits per heavy atom. The SMILES string of the molecule is FC(F)(F)Oc1ccc(-c2cccs2)c([C@H]2CO[C@]3(CCCN[C@H]3c3ccccc3)C2)c1. The maximum Gasteiger partial charge on any atom is 0.573 e. The fourth-order valence-electron chi connectivity index (χ4n) is 5.14. The molecular weight excluding hydrogens is 435 g/mol. The molecule has 3 nitrogen and oxygen atoms in total. The van der Waals surface area contributed by atoms with Crippen LogP contribution in [0.5, 0.6) is 5.75 Å². The zero-order chi connectivity index (χ0) is 22.2. The maximum absolute atomic E-state index is 12.9. The number of nitrogens with one attached hydrogen (secondary N) is 1. The van der Waals surface area contributed by atoms with Gasteiger partial charge >= 0.3 is 6.36 Å². The number of rotatable bonds is 4. The number of hydrogen-bond donors (Lipinski definition) is 1. The Labute approximate surface area is 189 Å². The molecule has 0 amide bonds. The highest BCUT2D eigenvalue weighted by Crippen LogP contribution is 2.50. The number of alkyl halides is 3. The molecule has 0 unspecified atom stereocenters. The van der Waals surface area contributed by atoms with Crippen LogP contribution < -0.4 is 10.1 Å². The summed E-state index contributed by atoms with van der Waals surface area (Å²) in [6.07, 6.45) is -2.05. The van der Waals surface area contributed by atoms with Gasteiger partial charge in [-0.15, -0.1) is 24.5 Å². The largest absolute Gasteiger partial charge is 0.573 e. The number of hydrogen-bond acceptors (Lipinski definition) is 4. The van der Waals surface area contributed by atoms with Crippen molar-refractivity contribution < 1.29 is 22.6 Å². The van der Waals surface area contributed by atoms with E-state index in [0.29, 0.717) is 6.61 Å². The van der Waals surface area contributed by atoms with Crippen molar-refractivity contribution in [1.29, 1.82) is 0 Å². The second-order valence-electron chi connectivity index (χ2n) is 8.45. The van der Waals surface area contributed by atoms with Crippen molar-refractivity contribution in [2.75, 3.05) is 13.2 Å². The summed E-state index contributed by atoms with van der Waals surface area (Å²) in [5.41, 5.74) is 2.60. The molecule has 2 saturated heterocycles. The number of piperidine rings is 1. The quantitative estimate of drug-likeness (QED) is 0.472. The number of halogens is 3. The Morgan fingerprint density at radius 3 is 2.66 bits per heavy atom. The highest BCUT2D eigenvalue weighted by atomic mass is 32.1. The minimum atomic E-state index is -4.72. The summed E-state index contributed by atoms with van der Waals surface area (Å²) in [6.45, 7) is 1.39. The van der Waals surface area contributed by atoms with Gasteiger partial charge in [0, 0.05) is 10.8 Å². The van der Waals surface area contributed by atoms with Crippen molar-refractivity contribution in [1.82, 2.24) is 5.32 Å². The van der Waals surface area contributed by atoms with Gasteiger partial charge in [-0.3, -0.25) is 0 Å². The van der Waals surface area contributed by atoms with E-state index in [1.807, 2.05) is 35.7 Å². The van der Waals surface area contributed by atoms with Crippen LogP contribution >= 0.6 is 11.3 Å². The van der Waals surface area contributed by atoms with E-state index in [1.54, 1.807) is 23.5 Å². The van der Waals surface area contributed by atoms with Gasteiger partial charge in [-0.05, 0) is 72.1 Å². The van der Waals surface area contributed by atoms with E-state index in [2.05, 4.69) is 22.2 Å². The van der Waals surface area contributed by atoms with Crippen molar-refractivity contribution in [3.63, 3.8) is 0 Å². The molecule has 1 N–H and O–H groups in total. The first-order valence-corrected chi connectivity index (χ1v) is 11.7. The summed E-state index contributed by atoms with van der Waals surface area (Å²) in [5.74, 6) is -0.204. The fraction of sp³-hybridized carbons (Fsp3) is 0.360. The summed E-state index contributed by atoms with van der Waals surface area (Å²) >= 11 is 1.58. The zero-order valence-corrected chi connectivity index (χ0v) is 18.2. The van der Waals surface area contributed by atoms with Gasteiger partial charge in [0.15, 0.2) is 0 Å². The molecule has 1 spiro atoms. The van der Waals surface area contributed by atoms with Crippen LogP contribution in [0.1, 0.15) is 42.3 Å². The van der Waals surface area contributed by atoms with Crippen LogP contribution in [0.4, 0.5) is 13.2 Å². The van der Waals surface area contributed by atoms with Crippen LogP contribution in [-0.4, -0.2) is 25.1 Å². The Kier molecular flexibility index (Phi) is 5.73. The van der Waals surface area contributed by atoms with E-state index in [1.165, 1.54) is 11.6 Å². The van der Waals surface area contributed by atoms with Crippen molar-refractivity contribution in [2.24, 2.45) is 0 Å². The van der Waals surface area contributed by atoms with Gasteiger partial charge in [-0.2, -0.15) is 0 Å². The molecular formula is C25H24F3NO2S. The molecule has 0 bridgehead atoms. The van der Waals surface area contributed by atoms with Crippen LogP contribution in [0.15, 0.2) is 66.0 Å². The molecule has 5 rings (SSSR count). The molecule has 7 heteroatoms. The maximum atomic E-state index is 12.9. The summed E-state index contributed by atoms with van der Waals surface area (Å²) in [7, 11) is 0. The smallest absolute Gasteiger partial charge is 0.406 e. The first-order chi connectivity index (χ1) is 15.4. The second kappa shape index (κ2) is 8.54. The van der Waals surface area contributed by atoms with E-state index < -0.39 is 6.36 Å². The van der Waals surface area contributed by atoms with Crippen molar-refractivity contribution in [2.45, 2.75) is 43.2 Å². The number of ether oxygens (including phenoxy) is 2. The molecule has 32 heavy (non-hydrogen) atoms. The molecule has 0 aliphatic carbocycles. The monoisotopic (exact) mass is 459 g/mol. The average Bonchev–Trinajstić information content (AvgIpc) is 3.45. The van der Waals surface area contributed by atoms with E-state index in [4.69, 9.17) is 4.74 Å². The molecule has 2 aromatic carbocycles. The molecule has 3 atom stereocenters. The predicted octanol–water partition coefficient (Wildman–Crippen LogP) is 6.68. The molecule has 0 saturated carbocycles. The van der Waals surface area contributed by atoms with E-state index in [9.17, 15) is 13.2 Å². The third-order valence-corrected chi connectivity index (χ3v) is 7.33. The number of thiophene rings is 1. The zero-order valence-electron chi connectivity index (χ0n) is 17.4. The van der Waals surface area contributed by atoms with Gasteiger partial charge in [0.2, 0.25) is 0 Å². The van der Waals surface area contributed by atoms with Gasteiger partial charge in [-0.1, -0.05) is 36.4 Å². The molecule has 2 aliphatic rings. The molecule has 0 radical (unpaired) electrons. The average molecular weight is 460 g/mol. The van der Waals surface area contributed by atoms with Crippen molar-refractivity contribution in [3.05, 3.63) is 77.2 Å². The van der Waals surface area contributed by atoms with Crippen molar-refractivity contribution in [3.8, 4) is 16.2 Å². The van der Waals surface area contributed by atoms with E-state index >= 15 is 0 Å². The van der Waals surface area contributed by atoms with Crippen LogP contribution in [0.25, 0.3) is 10.4 Å². The van der Waals surface area contributed by atoms with Gasteiger partial charge in [0.05, 0.1) is 18.2 Å². The molecule has 1 aromatic heterocycles. The van der Waals surface area contributed by atoms with E-state index in [-0.39, 0.29) is 23.3 Å². The van der Waals surface area contributed by atoms with Crippen LogP contribution in [0.2, 0.25) is 0 Å². The Morgan fingerprint density at radius 2 is 1.91 bits per heavy atom. The third-order valence-electron chi connectivity index (χ3n) is 6.43. The fourth-order valence-corrected chi connectivity index (χ4v) is 5.91. The lowest BCUT2D eigenvalue weighted by Gasteiger charge is -2.41. The third kappa shape index (κ3) is 4.29. The molecule has 2 aliphatic heterocycles. The number of benzene rings is 2. The topological polar surface area (TPSA) is 30.5 Å². The molecule has 168 valence electrons.